The topological polar surface area (TPSA) is 85.5 Å². The van der Waals surface area contributed by atoms with Gasteiger partial charge in [0, 0.05) is 37.0 Å². The van der Waals surface area contributed by atoms with Crippen LogP contribution in [0.2, 0.25) is 0 Å². The Labute approximate surface area is 146 Å². The zero-order valence-corrected chi connectivity index (χ0v) is 14.1. The summed E-state index contributed by atoms with van der Waals surface area (Å²) in [6.07, 6.45) is 3.28. The molecular weight excluding hydrogens is 318 g/mol. The quantitative estimate of drug-likeness (QED) is 0.897. The van der Waals surface area contributed by atoms with Gasteiger partial charge in [0.1, 0.15) is 5.75 Å². The standard InChI is InChI=1S/C19H21N3O3/c1-13-2-4-14(5-3-13)19(24)22-10-15(17(11-22)18(20)23)12-25-16-6-8-21-9-7-16/h2-9,15,17H,10-12H2,1H3,(H2,20,23)/t15-,17+/m0/s1. The smallest absolute Gasteiger partial charge is 0.253 e. The van der Waals surface area contributed by atoms with Gasteiger partial charge in [0.2, 0.25) is 5.91 Å². The van der Waals surface area contributed by atoms with Crippen molar-refractivity contribution < 1.29 is 14.3 Å². The zero-order valence-electron chi connectivity index (χ0n) is 14.1. The number of rotatable bonds is 5. The first-order valence-corrected chi connectivity index (χ1v) is 8.22. The molecule has 2 aromatic rings. The van der Waals surface area contributed by atoms with Crippen LogP contribution in [-0.2, 0) is 4.79 Å². The van der Waals surface area contributed by atoms with Crippen LogP contribution >= 0.6 is 0 Å². The average molecular weight is 339 g/mol. The van der Waals surface area contributed by atoms with Crippen molar-refractivity contribution in [2.75, 3.05) is 19.7 Å². The lowest BCUT2D eigenvalue weighted by Gasteiger charge is -2.17. The molecule has 0 saturated carbocycles. The normalized spacial score (nSPS) is 19.6. The van der Waals surface area contributed by atoms with Gasteiger partial charge in [0.15, 0.2) is 0 Å². The lowest BCUT2D eigenvalue weighted by atomic mass is 9.96. The maximum Gasteiger partial charge on any atom is 0.253 e. The number of primary amides is 1. The van der Waals surface area contributed by atoms with Crippen molar-refractivity contribution in [3.8, 4) is 5.75 Å². The molecule has 1 saturated heterocycles. The molecule has 0 bridgehead atoms. The number of aryl methyl sites for hydroxylation is 1. The van der Waals surface area contributed by atoms with Crippen LogP contribution in [0.25, 0.3) is 0 Å². The molecule has 0 spiro atoms. The van der Waals surface area contributed by atoms with E-state index in [9.17, 15) is 9.59 Å². The lowest BCUT2D eigenvalue weighted by molar-refractivity contribution is -0.122. The minimum absolute atomic E-state index is 0.0855. The van der Waals surface area contributed by atoms with E-state index in [2.05, 4.69) is 4.98 Å². The maximum absolute atomic E-state index is 12.7. The summed E-state index contributed by atoms with van der Waals surface area (Å²) in [5.74, 6) is -0.335. The first-order chi connectivity index (χ1) is 12.0. The Balaban J connectivity index is 1.68. The monoisotopic (exact) mass is 339 g/mol. The highest BCUT2D eigenvalue weighted by Crippen LogP contribution is 2.26. The number of pyridine rings is 1. The van der Waals surface area contributed by atoms with E-state index in [4.69, 9.17) is 10.5 Å². The minimum atomic E-state index is -0.406. The van der Waals surface area contributed by atoms with E-state index in [1.807, 2.05) is 19.1 Å². The molecule has 2 atom stereocenters. The Morgan fingerprint density at radius 1 is 1.16 bits per heavy atom. The highest BCUT2D eigenvalue weighted by molar-refractivity contribution is 5.95. The van der Waals surface area contributed by atoms with Gasteiger partial charge in [-0.2, -0.15) is 0 Å². The number of nitrogens with two attached hydrogens (primary N) is 1. The van der Waals surface area contributed by atoms with Crippen LogP contribution < -0.4 is 10.5 Å². The van der Waals surface area contributed by atoms with Crippen molar-refractivity contribution in [2.45, 2.75) is 6.92 Å². The summed E-state index contributed by atoms with van der Waals surface area (Å²) in [6, 6.07) is 10.9. The third-order valence-corrected chi connectivity index (χ3v) is 4.51. The van der Waals surface area contributed by atoms with E-state index >= 15 is 0 Å². The Hall–Kier alpha value is -2.89. The van der Waals surface area contributed by atoms with Gasteiger partial charge >= 0.3 is 0 Å². The Bertz CT molecular complexity index is 746. The minimum Gasteiger partial charge on any atom is -0.493 e. The molecule has 25 heavy (non-hydrogen) atoms. The lowest BCUT2D eigenvalue weighted by Crippen LogP contribution is -2.32. The first-order valence-electron chi connectivity index (χ1n) is 8.22. The Morgan fingerprint density at radius 2 is 1.84 bits per heavy atom. The number of likely N-dealkylation sites (tertiary alicyclic amines) is 1. The molecule has 1 aliphatic heterocycles. The fourth-order valence-corrected chi connectivity index (χ4v) is 3.04. The van der Waals surface area contributed by atoms with Gasteiger partial charge in [-0.25, -0.2) is 0 Å². The van der Waals surface area contributed by atoms with Crippen LogP contribution in [0.5, 0.6) is 5.75 Å². The number of ether oxygens (including phenoxy) is 1. The number of hydrogen-bond acceptors (Lipinski definition) is 4. The van der Waals surface area contributed by atoms with E-state index in [0.29, 0.717) is 31.0 Å². The van der Waals surface area contributed by atoms with Crippen molar-refractivity contribution in [1.82, 2.24) is 9.88 Å². The number of aromatic nitrogens is 1. The van der Waals surface area contributed by atoms with E-state index in [1.54, 1.807) is 41.6 Å². The fourth-order valence-electron chi connectivity index (χ4n) is 3.04. The van der Waals surface area contributed by atoms with Gasteiger partial charge in [-0.3, -0.25) is 14.6 Å². The molecule has 2 amide bonds. The molecule has 0 aliphatic carbocycles. The van der Waals surface area contributed by atoms with E-state index in [1.165, 1.54) is 0 Å². The summed E-state index contributed by atoms with van der Waals surface area (Å²) in [4.78, 5) is 30.1. The number of nitrogens with zero attached hydrogens (tertiary/aromatic N) is 2. The highest BCUT2D eigenvalue weighted by atomic mass is 16.5. The van der Waals surface area contributed by atoms with E-state index in [0.717, 1.165) is 5.56 Å². The maximum atomic E-state index is 12.7. The Kier molecular flexibility index (Phi) is 4.97. The van der Waals surface area contributed by atoms with Crippen molar-refractivity contribution in [3.05, 3.63) is 59.9 Å². The second kappa shape index (κ2) is 7.34. The van der Waals surface area contributed by atoms with Gasteiger partial charge < -0.3 is 15.4 Å². The summed E-state index contributed by atoms with van der Waals surface area (Å²) in [7, 11) is 0. The van der Waals surface area contributed by atoms with Crippen molar-refractivity contribution in [1.29, 1.82) is 0 Å². The van der Waals surface area contributed by atoms with Crippen LogP contribution in [0.3, 0.4) is 0 Å². The van der Waals surface area contributed by atoms with Gasteiger partial charge in [-0.15, -0.1) is 0 Å². The second-order valence-electron chi connectivity index (χ2n) is 6.34. The number of amides is 2. The molecule has 2 N–H and O–H groups in total. The molecule has 6 nitrogen and oxygen atoms in total. The molecule has 0 unspecified atom stereocenters. The van der Waals surface area contributed by atoms with Crippen LogP contribution in [0.1, 0.15) is 15.9 Å². The predicted molar refractivity (Wildman–Crippen MR) is 93.0 cm³/mol. The molecule has 1 fully saturated rings. The third kappa shape index (κ3) is 3.96. The van der Waals surface area contributed by atoms with Crippen LogP contribution in [-0.4, -0.2) is 41.4 Å². The molecule has 1 aromatic carbocycles. The number of hydrogen-bond donors (Lipinski definition) is 1. The molecule has 6 heteroatoms. The Morgan fingerprint density at radius 3 is 2.48 bits per heavy atom. The summed E-state index contributed by atoms with van der Waals surface area (Å²) in [5.41, 5.74) is 7.24. The largest absolute Gasteiger partial charge is 0.493 e. The predicted octanol–water partition coefficient (Wildman–Crippen LogP) is 1.64. The van der Waals surface area contributed by atoms with Crippen molar-refractivity contribution in [3.63, 3.8) is 0 Å². The summed E-state index contributed by atoms with van der Waals surface area (Å²) in [5, 5.41) is 0. The molecule has 130 valence electrons. The second-order valence-corrected chi connectivity index (χ2v) is 6.34. The molecule has 1 aliphatic rings. The molecule has 1 aromatic heterocycles. The van der Waals surface area contributed by atoms with E-state index in [-0.39, 0.29) is 11.8 Å². The van der Waals surface area contributed by atoms with Crippen LogP contribution in [0.15, 0.2) is 48.8 Å². The third-order valence-electron chi connectivity index (χ3n) is 4.51. The molecule has 2 heterocycles. The average Bonchev–Trinajstić information content (AvgIpc) is 3.05. The fraction of sp³-hybridized carbons (Fsp3) is 0.316. The van der Waals surface area contributed by atoms with Gasteiger partial charge in [0.05, 0.1) is 12.5 Å². The van der Waals surface area contributed by atoms with Crippen molar-refractivity contribution in [2.24, 2.45) is 17.6 Å². The number of carbonyl (C=O) groups excluding carboxylic acids is 2. The molecule has 0 radical (unpaired) electrons. The first kappa shape index (κ1) is 17.0. The SMILES string of the molecule is Cc1ccc(C(=O)N2C[C@@H](COc3ccncc3)[C@H](C(N)=O)C2)cc1. The summed E-state index contributed by atoms with van der Waals surface area (Å²) in [6.45, 7) is 3.08. The summed E-state index contributed by atoms with van der Waals surface area (Å²) >= 11 is 0. The number of carbonyl (C=O) groups is 2. The number of benzene rings is 1. The molecule has 3 rings (SSSR count). The highest BCUT2D eigenvalue weighted by Gasteiger charge is 2.39. The van der Waals surface area contributed by atoms with Crippen molar-refractivity contribution >= 4 is 11.8 Å². The van der Waals surface area contributed by atoms with E-state index < -0.39 is 11.8 Å². The van der Waals surface area contributed by atoms with Gasteiger partial charge in [0.25, 0.3) is 5.91 Å². The van der Waals surface area contributed by atoms with Gasteiger partial charge in [-0.1, -0.05) is 17.7 Å². The summed E-state index contributed by atoms with van der Waals surface area (Å²) < 4.78 is 5.73. The molecular formula is C19H21N3O3. The zero-order chi connectivity index (χ0) is 17.8. The van der Waals surface area contributed by atoms with Gasteiger partial charge in [-0.05, 0) is 31.2 Å². The van der Waals surface area contributed by atoms with Crippen LogP contribution in [0.4, 0.5) is 0 Å². The van der Waals surface area contributed by atoms with Crippen LogP contribution in [0, 0.1) is 18.8 Å².